The molecule has 1 aromatic heterocycles. The van der Waals surface area contributed by atoms with Crippen LogP contribution in [0.5, 0.6) is 0 Å². The van der Waals surface area contributed by atoms with Gasteiger partial charge in [-0.15, -0.1) is 0 Å². The highest BCUT2D eigenvalue weighted by Crippen LogP contribution is 2.28. The Hall–Kier alpha value is -1.43. The van der Waals surface area contributed by atoms with E-state index in [1.165, 1.54) is 11.6 Å². The largest absolute Gasteiger partial charge is 0.381 e. The Bertz CT molecular complexity index is 688. The van der Waals surface area contributed by atoms with Crippen LogP contribution in [0.15, 0.2) is 24.4 Å². The maximum atomic E-state index is 13.6. The summed E-state index contributed by atoms with van der Waals surface area (Å²) in [6.07, 6.45) is 2.06. The van der Waals surface area contributed by atoms with Crippen molar-refractivity contribution in [2.24, 2.45) is 7.05 Å². The number of ether oxygens (including phenoxy) is 1. The average molecular weight is 338 g/mol. The first-order valence-corrected chi connectivity index (χ1v) is 8.21. The average Bonchev–Trinajstić information content (AvgIpc) is 2.89. The highest BCUT2D eigenvalue weighted by atomic mass is 35.5. The predicted octanol–water partition coefficient (Wildman–Crippen LogP) is 3.35. The van der Waals surface area contributed by atoms with Crippen molar-refractivity contribution in [3.8, 4) is 0 Å². The molecule has 0 aliphatic carbocycles. The van der Waals surface area contributed by atoms with Crippen molar-refractivity contribution < 1.29 is 9.13 Å². The topological polar surface area (TPSA) is 30.3 Å². The molecule has 2 heterocycles. The van der Waals surface area contributed by atoms with Crippen molar-refractivity contribution in [3.05, 3.63) is 52.1 Å². The number of hydrogen-bond acceptors (Lipinski definition) is 3. The van der Waals surface area contributed by atoms with Crippen LogP contribution in [-0.2, 0) is 24.9 Å². The summed E-state index contributed by atoms with van der Waals surface area (Å²) in [5.74, 6) is -0.119. The van der Waals surface area contributed by atoms with Crippen LogP contribution >= 0.6 is 11.6 Å². The van der Waals surface area contributed by atoms with Crippen LogP contribution < -0.4 is 0 Å². The van der Waals surface area contributed by atoms with Gasteiger partial charge in [-0.2, -0.15) is 5.10 Å². The van der Waals surface area contributed by atoms with Crippen LogP contribution in [0.1, 0.15) is 29.7 Å². The molecule has 0 spiro atoms. The molecule has 0 saturated heterocycles. The van der Waals surface area contributed by atoms with E-state index in [1.807, 2.05) is 24.7 Å². The number of fused-ring (bicyclic) bond motifs is 1. The molecule has 0 radical (unpaired) electrons. The summed E-state index contributed by atoms with van der Waals surface area (Å²) in [5, 5.41) is 4.75. The zero-order valence-electron chi connectivity index (χ0n) is 13.4. The molecule has 1 aliphatic heterocycles. The highest BCUT2D eigenvalue weighted by molar-refractivity contribution is 6.30. The fourth-order valence-corrected chi connectivity index (χ4v) is 3.25. The highest BCUT2D eigenvalue weighted by Gasteiger charge is 2.28. The Morgan fingerprint density at radius 3 is 3.00 bits per heavy atom. The quantitative estimate of drug-likeness (QED) is 0.838. The van der Waals surface area contributed by atoms with Crippen molar-refractivity contribution in [3.63, 3.8) is 0 Å². The lowest BCUT2D eigenvalue weighted by atomic mass is 9.97. The fraction of sp³-hybridized carbons (Fsp3) is 0.471. The zero-order chi connectivity index (χ0) is 16.4. The number of benzene rings is 1. The van der Waals surface area contributed by atoms with E-state index < -0.39 is 0 Å². The Labute approximate surface area is 140 Å². The van der Waals surface area contributed by atoms with Crippen molar-refractivity contribution in [1.82, 2.24) is 14.7 Å². The number of hydrogen-bond donors (Lipinski definition) is 0. The third-order valence-electron chi connectivity index (χ3n) is 4.11. The monoisotopic (exact) mass is 337 g/mol. The van der Waals surface area contributed by atoms with Gasteiger partial charge in [0.05, 0.1) is 17.3 Å². The van der Waals surface area contributed by atoms with Crippen LogP contribution in [0.25, 0.3) is 0 Å². The molecule has 0 saturated carbocycles. The van der Waals surface area contributed by atoms with Crippen LogP contribution in [0, 0.1) is 5.82 Å². The maximum Gasteiger partial charge on any atom is 0.142 e. The lowest BCUT2D eigenvalue weighted by molar-refractivity contribution is 0.104. The van der Waals surface area contributed by atoms with Gasteiger partial charge in [-0.05, 0) is 24.6 Å². The van der Waals surface area contributed by atoms with Gasteiger partial charge in [-0.25, -0.2) is 4.39 Å². The van der Waals surface area contributed by atoms with Crippen molar-refractivity contribution in [1.29, 1.82) is 0 Å². The molecular formula is C17H21ClFN3O. The number of rotatable bonds is 5. The Kier molecular flexibility index (Phi) is 4.99. The first-order valence-electron chi connectivity index (χ1n) is 7.83. The Morgan fingerprint density at radius 2 is 2.26 bits per heavy atom. The van der Waals surface area contributed by atoms with Gasteiger partial charge in [-0.3, -0.25) is 9.58 Å². The van der Waals surface area contributed by atoms with Crippen LogP contribution in [0.4, 0.5) is 4.39 Å². The van der Waals surface area contributed by atoms with E-state index in [0.717, 1.165) is 24.3 Å². The minimum Gasteiger partial charge on any atom is -0.381 e. The first-order chi connectivity index (χ1) is 11.1. The Morgan fingerprint density at radius 1 is 1.43 bits per heavy atom. The van der Waals surface area contributed by atoms with E-state index in [0.29, 0.717) is 19.8 Å². The first kappa shape index (κ1) is 16.4. The van der Waals surface area contributed by atoms with Crippen LogP contribution in [-0.4, -0.2) is 34.4 Å². The third-order valence-corrected chi connectivity index (χ3v) is 4.42. The molecule has 6 heteroatoms. The molecule has 1 atom stereocenters. The van der Waals surface area contributed by atoms with Crippen molar-refractivity contribution in [2.75, 3.05) is 19.8 Å². The molecular weight excluding hydrogens is 317 g/mol. The number of halogens is 2. The summed E-state index contributed by atoms with van der Waals surface area (Å²) in [6.45, 7) is 5.71. The summed E-state index contributed by atoms with van der Waals surface area (Å²) in [5.41, 5.74) is 3.27. The molecule has 23 heavy (non-hydrogen) atoms. The lowest BCUT2D eigenvalue weighted by Gasteiger charge is -2.31. The smallest absolute Gasteiger partial charge is 0.142 e. The number of nitrogens with zero attached hydrogens (tertiary/aromatic N) is 3. The normalized spacial score (nSPS) is 18.2. The van der Waals surface area contributed by atoms with Crippen molar-refractivity contribution in [2.45, 2.75) is 25.9 Å². The third kappa shape index (κ3) is 3.74. The Balaban J connectivity index is 1.77. The SMILES string of the molecule is CCOC[C@@H]1CN(Cc2ccc(Cl)c(F)c2)Cc2cn(C)nc21. The van der Waals surface area contributed by atoms with E-state index in [2.05, 4.69) is 16.2 Å². The van der Waals surface area contributed by atoms with Gasteiger partial charge in [-0.1, -0.05) is 17.7 Å². The summed E-state index contributed by atoms with van der Waals surface area (Å²) in [7, 11) is 1.94. The van der Waals surface area contributed by atoms with Gasteiger partial charge in [0.1, 0.15) is 5.82 Å². The van der Waals surface area contributed by atoms with E-state index in [9.17, 15) is 4.39 Å². The van der Waals surface area contributed by atoms with Crippen LogP contribution in [0.3, 0.4) is 0 Å². The minimum absolute atomic E-state index is 0.163. The molecule has 0 amide bonds. The van der Waals surface area contributed by atoms with Gasteiger partial charge in [0.15, 0.2) is 0 Å². The zero-order valence-corrected chi connectivity index (χ0v) is 14.2. The van der Waals surface area contributed by atoms with E-state index in [4.69, 9.17) is 16.3 Å². The van der Waals surface area contributed by atoms with Crippen molar-refractivity contribution >= 4 is 11.6 Å². The summed E-state index contributed by atoms with van der Waals surface area (Å²) in [4.78, 5) is 2.30. The second kappa shape index (κ2) is 6.99. The van der Waals surface area contributed by atoms with E-state index in [1.54, 1.807) is 6.07 Å². The van der Waals surface area contributed by atoms with Gasteiger partial charge in [0, 0.05) is 51.0 Å². The predicted molar refractivity (Wildman–Crippen MR) is 88.0 cm³/mol. The molecule has 124 valence electrons. The van der Waals surface area contributed by atoms with Gasteiger partial charge in [0.2, 0.25) is 0 Å². The molecule has 4 nitrogen and oxygen atoms in total. The molecule has 1 aromatic carbocycles. The van der Waals surface area contributed by atoms with Gasteiger partial charge >= 0.3 is 0 Å². The minimum atomic E-state index is -0.367. The summed E-state index contributed by atoms with van der Waals surface area (Å²) < 4.78 is 21.1. The molecule has 0 unspecified atom stereocenters. The molecule has 1 aliphatic rings. The fourth-order valence-electron chi connectivity index (χ4n) is 3.13. The van der Waals surface area contributed by atoms with Crippen LogP contribution in [0.2, 0.25) is 5.02 Å². The van der Waals surface area contributed by atoms with Gasteiger partial charge < -0.3 is 4.74 Å². The molecule has 0 N–H and O–H groups in total. The van der Waals surface area contributed by atoms with Gasteiger partial charge in [0.25, 0.3) is 0 Å². The number of aromatic nitrogens is 2. The molecule has 0 bridgehead atoms. The standard InChI is InChI=1S/C17H21ClFN3O/c1-3-23-11-14-10-22(9-13-8-21(2)20-17(13)14)7-12-4-5-15(18)16(19)6-12/h4-6,8,14H,3,7,9-11H2,1-2H3/t14-/m0/s1. The van der Waals surface area contributed by atoms with E-state index in [-0.39, 0.29) is 16.8 Å². The molecule has 3 rings (SSSR count). The lowest BCUT2D eigenvalue weighted by Crippen LogP contribution is -2.34. The second-order valence-corrected chi connectivity index (χ2v) is 6.39. The summed E-state index contributed by atoms with van der Waals surface area (Å²) in [6, 6.07) is 5.00. The number of aryl methyl sites for hydroxylation is 1. The summed E-state index contributed by atoms with van der Waals surface area (Å²) >= 11 is 5.76. The maximum absolute atomic E-state index is 13.6. The second-order valence-electron chi connectivity index (χ2n) is 5.99. The molecule has 0 fully saturated rings. The van der Waals surface area contributed by atoms with E-state index >= 15 is 0 Å². The molecule has 2 aromatic rings.